The summed E-state index contributed by atoms with van der Waals surface area (Å²) in [6, 6.07) is 7.87. The van der Waals surface area contributed by atoms with E-state index in [9.17, 15) is 0 Å². The van der Waals surface area contributed by atoms with Crippen molar-refractivity contribution in [3.8, 4) is 11.4 Å². The highest BCUT2D eigenvalue weighted by Crippen LogP contribution is 2.18. The van der Waals surface area contributed by atoms with Gasteiger partial charge in [0, 0.05) is 48.7 Å². The van der Waals surface area contributed by atoms with E-state index in [4.69, 9.17) is 0 Å². The molecular weight excluding hydrogens is 286 g/mol. The zero-order valence-corrected chi connectivity index (χ0v) is 13.3. The van der Waals surface area contributed by atoms with Gasteiger partial charge in [0.1, 0.15) is 5.82 Å². The summed E-state index contributed by atoms with van der Waals surface area (Å²) in [5, 5.41) is 3.39. The standard InChI is InChI=1S/C18H19N5/c1-3-16-10-17(21-12-15-6-9-20-11-13(15)2)23-18(22-16)14-4-7-19-8-5-14/h4-11H,3,12H2,1-2H3,(H,21,22,23). The van der Waals surface area contributed by atoms with E-state index in [0.29, 0.717) is 6.54 Å². The lowest BCUT2D eigenvalue weighted by molar-refractivity contribution is 0.989. The molecule has 0 amide bonds. The molecule has 0 aliphatic heterocycles. The van der Waals surface area contributed by atoms with Gasteiger partial charge in [-0.25, -0.2) is 9.97 Å². The van der Waals surface area contributed by atoms with Crippen LogP contribution in [0.1, 0.15) is 23.7 Å². The van der Waals surface area contributed by atoms with Crippen LogP contribution in [0.5, 0.6) is 0 Å². The Hall–Kier alpha value is -2.82. The van der Waals surface area contributed by atoms with Crippen LogP contribution in [-0.2, 0) is 13.0 Å². The third-order valence-electron chi connectivity index (χ3n) is 3.68. The Bertz CT molecular complexity index is 786. The van der Waals surface area contributed by atoms with Crippen LogP contribution in [-0.4, -0.2) is 19.9 Å². The van der Waals surface area contributed by atoms with Gasteiger partial charge < -0.3 is 5.32 Å². The molecule has 116 valence electrons. The Balaban J connectivity index is 1.86. The lowest BCUT2D eigenvalue weighted by Crippen LogP contribution is -2.06. The summed E-state index contributed by atoms with van der Waals surface area (Å²) < 4.78 is 0. The Labute approximate surface area is 135 Å². The van der Waals surface area contributed by atoms with E-state index in [0.717, 1.165) is 29.3 Å². The first-order chi connectivity index (χ1) is 11.3. The van der Waals surface area contributed by atoms with E-state index in [2.05, 4.69) is 39.1 Å². The molecule has 0 unspecified atom stereocenters. The van der Waals surface area contributed by atoms with Gasteiger partial charge >= 0.3 is 0 Å². The summed E-state index contributed by atoms with van der Waals surface area (Å²) >= 11 is 0. The lowest BCUT2D eigenvalue weighted by atomic mass is 10.1. The lowest BCUT2D eigenvalue weighted by Gasteiger charge is -2.10. The molecule has 0 aromatic carbocycles. The van der Waals surface area contributed by atoms with Crippen molar-refractivity contribution in [3.05, 3.63) is 65.9 Å². The molecule has 0 fully saturated rings. The van der Waals surface area contributed by atoms with E-state index in [-0.39, 0.29) is 0 Å². The number of rotatable bonds is 5. The van der Waals surface area contributed by atoms with Crippen LogP contribution >= 0.6 is 0 Å². The zero-order valence-electron chi connectivity index (χ0n) is 13.3. The van der Waals surface area contributed by atoms with Crippen LogP contribution in [0, 0.1) is 6.92 Å². The minimum Gasteiger partial charge on any atom is -0.366 e. The highest BCUT2D eigenvalue weighted by atomic mass is 15.0. The molecule has 3 aromatic heterocycles. The largest absolute Gasteiger partial charge is 0.366 e. The second kappa shape index (κ2) is 6.96. The first kappa shape index (κ1) is 15.1. The third-order valence-corrected chi connectivity index (χ3v) is 3.68. The molecule has 5 heteroatoms. The summed E-state index contributed by atoms with van der Waals surface area (Å²) in [5.41, 5.74) is 4.36. The molecular formula is C18H19N5. The van der Waals surface area contributed by atoms with E-state index >= 15 is 0 Å². The minimum atomic E-state index is 0.713. The molecule has 0 saturated heterocycles. The summed E-state index contributed by atoms with van der Waals surface area (Å²) in [6.45, 7) is 4.86. The zero-order chi connectivity index (χ0) is 16.1. The van der Waals surface area contributed by atoms with Crippen molar-refractivity contribution in [3.63, 3.8) is 0 Å². The second-order valence-corrected chi connectivity index (χ2v) is 5.31. The maximum Gasteiger partial charge on any atom is 0.161 e. The van der Waals surface area contributed by atoms with Crippen LogP contribution in [0.25, 0.3) is 11.4 Å². The molecule has 3 rings (SSSR count). The summed E-state index contributed by atoms with van der Waals surface area (Å²) in [4.78, 5) is 17.4. The van der Waals surface area contributed by atoms with Crippen molar-refractivity contribution in [1.29, 1.82) is 0 Å². The Morgan fingerprint density at radius 1 is 1.00 bits per heavy atom. The van der Waals surface area contributed by atoms with Crippen LogP contribution < -0.4 is 5.32 Å². The van der Waals surface area contributed by atoms with Gasteiger partial charge in [-0.2, -0.15) is 0 Å². The third kappa shape index (κ3) is 3.69. The Morgan fingerprint density at radius 2 is 1.78 bits per heavy atom. The molecule has 0 saturated carbocycles. The van der Waals surface area contributed by atoms with Crippen LogP contribution in [0.3, 0.4) is 0 Å². The summed E-state index contributed by atoms with van der Waals surface area (Å²) in [6.07, 6.45) is 8.06. The van der Waals surface area contributed by atoms with Gasteiger partial charge in [0.15, 0.2) is 5.82 Å². The molecule has 5 nitrogen and oxygen atoms in total. The molecule has 3 aromatic rings. The summed E-state index contributed by atoms with van der Waals surface area (Å²) in [5.74, 6) is 1.56. The van der Waals surface area contributed by atoms with E-state index in [1.165, 1.54) is 11.1 Å². The van der Waals surface area contributed by atoms with Crippen molar-refractivity contribution in [2.75, 3.05) is 5.32 Å². The maximum atomic E-state index is 4.63. The number of aromatic nitrogens is 4. The first-order valence-electron chi connectivity index (χ1n) is 7.68. The molecule has 1 N–H and O–H groups in total. The average molecular weight is 305 g/mol. The SMILES string of the molecule is CCc1cc(NCc2ccncc2C)nc(-c2ccncc2)n1. The Morgan fingerprint density at radius 3 is 2.52 bits per heavy atom. The van der Waals surface area contributed by atoms with Crippen molar-refractivity contribution < 1.29 is 0 Å². The molecule has 0 aliphatic carbocycles. The average Bonchev–Trinajstić information content (AvgIpc) is 2.61. The molecule has 23 heavy (non-hydrogen) atoms. The fourth-order valence-corrected chi connectivity index (χ4v) is 2.29. The van der Waals surface area contributed by atoms with Gasteiger partial charge in [-0.1, -0.05) is 6.92 Å². The van der Waals surface area contributed by atoms with Crippen LogP contribution in [0.2, 0.25) is 0 Å². The minimum absolute atomic E-state index is 0.713. The monoisotopic (exact) mass is 305 g/mol. The van der Waals surface area contributed by atoms with Crippen molar-refractivity contribution in [2.24, 2.45) is 0 Å². The Kier molecular flexibility index (Phi) is 4.57. The number of nitrogens with zero attached hydrogens (tertiary/aromatic N) is 4. The van der Waals surface area contributed by atoms with E-state index in [1.807, 2.05) is 36.7 Å². The van der Waals surface area contributed by atoms with Gasteiger partial charge in [0.05, 0.1) is 0 Å². The highest BCUT2D eigenvalue weighted by molar-refractivity contribution is 5.56. The second-order valence-electron chi connectivity index (χ2n) is 5.31. The predicted octanol–water partition coefficient (Wildman–Crippen LogP) is 3.42. The fraction of sp³-hybridized carbons (Fsp3) is 0.222. The number of pyridine rings is 2. The van der Waals surface area contributed by atoms with Gasteiger partial charge in [-0.05, 0) is 42.7 Å². The van der Waals surface area contributed by atoms with Crippen LogP contribution in [0.4, 0.5) is 5.82 Å². The van der Waals surface area contributed by atoms with Gasteiger partial charge in [0.25, 0.3) is 0 Å². The molecule has 0 bridgehead atoms. The van der Waals surface area contributed by atoms with Crippen molar-refractivity contribution in [2.45, 2.75) is 26.8 Å². The first-order valence-corrected chi connectivity index (χ1v) is 7.68. The van der Waals surface area contributed by atoms with E-state index in [1.54, 1.807) is 12.4 Å². The van der Waals surface area contributed by atoms with Crippen molar-refractivity contribution >= 4 is 5.82 Å². The van der Waals surface area contributed by atoms with Gasteiger partial charge in [-0.3, -0.25) is 9.97 Å². The highest BCUT2D eigenvalue weighted by Gasteiger charge is 2.06. The topological polar surface area (TPSA) is 63.6 Å². The van der Waals surface area contributed by atoms with E-state index < -0.39 is 0 Å². The van der Waals surface area contributed by atoms with Crippen molar-refractivity contribution in [1.82, 2.24) is 19.9 Å². The quantitative estimate of drug-likeness (QED) is 0.782. The molecule has 0 spiro atoms. The number of aryl methyl sites for hydroxylation is 2. The molecule has 0 aliphatic rings. The number of hydrogen-bond acceptors (Lipinski definition) is 5. The van der Waals surface area contributed by atoms with Gasteiger partial charge in [0.2, 0.25) is 0 Å². The fourth-order valence-electron chi connectivity index (χ4n) is 2.29. The van der Waals surface area contributed by atoms with Gasteiger partial charge in [-0.15, -0.1) is 0 Å². The predicted molar refractivity (Wildman–Crippen MR) is 90.9 cm³/mol. The van der Waals surface area contributed by atoms with Crippen LogP contribution in [0.15, 0.2) is 49.1 Å². The smallest absolute Gasteiger partial charge is 0.161 e. The molecule has 3 heterocycles. The summed E-state index contributed by atoms with van der Waals surface area (Å²) in [7, 11) is 0. The number of hydrogen-bond donors (Lipinski definition) is 1. The number of nitrogens with one attached hydrogen (secondary N) is 1. The number of anilines is 1. The molecule has 0 atom stereocenters. The maximum absolute atomic E-state index is 4.63. The molecule has 0 radical (unpaired) electrons. The normalized spacial score (nSPS) is 10.5.